The van der Waals surface area contributed by atoms with Gasteiger partial charge in [-0.1, -0.05) is 12.8 Å². The summed E-state index contributed by atoms with van der Waals surface area (Å²) in [7, 11) is 0. The average Bonchev–Trinajstić information content (AvgIpc) is 2.32. The van der Waals surface area contributed by atoms with E-state index in [4.69, 9.17) is 10.8 Å². The van der Waals surface area contributed by atoms with Gasteiger partial charge in [-0.2, -0.15) is 0 Å². The molecule has 2 atom stereocenters. The van der Waals surface area contributed by atoms with Gasteiger partial charge in [0, 0.05) is 18.2 Å². The molecule has 0 spiro atoms. The van der Waals surface area contributed by atoms with Gasteiger partial charge in [0.1, 0.15) is 11.6 Å². The van der Waals surface area contributed by atoms with Gasteiger partial charge in [0.15, 0.2) is 0 Å². The number of hydrogen-bond donors (Lipinski definition) is 3. The number of phenols is 1. The minimum absolute atomic E-state index is 0.0643. The van der Waals surface area contributed by atoms with E-state index in [1.54, 1.807) is 0 Å². The van der Waals surface area contributed by atoms with E-state index in [0.29, 0.717) is 0 Å². The summed E-state index contributed by atoms with van der Waals surface area (Å²) < 4.78 is 13.5. The number of halogens is 1. The number of nitrogens with two attached hydrogens (primary N) is 1. The van der Waals surface area contributed by atoms with Crippen LogP contribution in [0.5, 0.6) is 5.75 Å². The fraction of sp³-hybridized carbons (Fsp3) is 0.462. The van der Waals surface area contributed by atoms with Crippen molar-refractivity contribution in [3.05, 3.63) is 29.6 Å². The first-order valence-corrected chi connectivity index (χ1v) is 6.13. The van der Waals surface area contributed by atoms with Crippen molar-refractivity contribution in [3.8, 4) is 5.75 Å². The third kappa shape index (κ3) is 2.79. The number of rotatable bonds is 2. The van der Waals surface area contributed by atoms with Crippen molar-refractivity contribution in [3.63, 3.8) is 0 Å². The Morgan fingerprint density at radius 1 is 1.39 bits per heavy atom. The van der Waals surface area contributed by atoms with E-state index in [-0.39, 0.29) is 23.4 Å². The molecule has 2 rings (SSSR count). The maximum atomic E-state index is 13.5. The highest BCUT2D eigenvalue weighted by Crippen LogP contribution is 2.19. The number of hydrogen-bond acceptors (Lipinski definition) is 3. The van der Waals surface area contributed by atoms with Crippen molar-refractivity contribution in [2.24, 2.45) is 5.73 Å². The third-order valence-electron chi connectivity index (χ3n) is 3.33. The van der Waals surface area contributed by atoms with Gasteiger partial charge in [-0.05, 0) is 25.0 Å². The van der Waals surface area contributed by atoms with Crippen LogP contribution in [0, 0.1) is 5.82 Å². The Hall–Kier alpha value is -1.62. The van der Waals surface area contributed by atoms with Crippen LogP contribution in [0.2, 0.25) is 0 Å². The Morgan fingerprint density at radius 2 is 2.11 bits per heavy atom. The van der Waals surface area contributed by atoms with E-state index in [1.165, 1.54) is 12.1 Å². The highest BCUT2D eigenvalue weighted by Gasteiger charge is 2.24. The van der Waals surface area contributed by atoms with E-state index in [0.717, 1.165) is 31.7 Å². The molecule has 5 heteroatoms. The van der Waals surface area contributed by atoms with Gasteiger partial charge < -0.3 is 16.2 Å². The van der Waals surface area contributed by atoms with E-state index in [9.17, 15) is 9.18 Å². The second-order valence-electron chi connectivity index (χ2n) is 4.69. The summed E-state index contributed by atoms with van der Waals surface area (Å²) in [5.74, 6) is -1.40. The molecule has 2 unspecified atom stereocenters. The van der Waals surface area contributed by atoms with Crippen LogP contribution in [0.3, 0.4) is 0 Å². The molecule has 0 aromatic heterocycles. The molecule has 18 heavy (non-hydrogen) atoms. The summed E-state index contributed by atoms with van der Waals surface area (Å²) in [6.07, 6.45) is 3.80. The number of phenolic OH excluding ortho intramolecular Hbond substituents is 1. The maximum Gasteiger partial charge on any atom is 0.254 e. The van der Waals surface area contributed by atoms with Crippen LogP contribution in [0.15, 0.2) is 18.2 Å². The number of amides is 1. The van der Waals surface area contributed by atoms with E-state index in [1.807, 2.05) is 0 Å². The summed E-state index contributed by atoms with van der Waals surface area (Å²) in [5, 5.41) is 11.9. The molecule has 0 heterocycles. The highest BCUT2D eigenvalue weighted by molar-refractivity contribution is 5.94. The zero-order chi connectivity index (χ0) is 13.1. The fourth-order valence-electron chi connectivity index (χ4n) is 2.27. The Morgan fingerprint density at radius 3 is 2.78 bits per heavy atom. The van der Waals surface area contributed by atoms with Crippen LogP contribution in [0.25, 0.3) is 0 Å². The number of benzene rings is 1. The van der Waals surface area contributed by atoms with Gasteiger partial charge in [0.25, 0.3) is 5.91 Å². The largest absolute Gasteiger partial charge is 0.508 e. The van der Waals surface area contributed by atoms with Crippen molar-refractivity contribution in [2.45, 2.75) is 37.8 Å². The quantitative estimate of drug-likeness (QED) is 0.747. The van der Waals surface area contributed by atoms with Crippen LogP contribution in [0.4, 0.5) is 4.39 Å². The summed E-state index contributed by atoms with van der Waals surface area (Å²) in [5.41, 5.74) is 5.85. The number of aromatic hydroxyl groups is 1. The average molecular weight is 252 g/mol. The van der Waals surface area contributed by atoms with Gasteiger partial charge in [0.2, 0.25) is 0 Å². The summed E-state index contributed by atoms with van der Waals surface area (Å²) in [6, 6.07) is 3.32. The third-order valence-corrected chi connectivity index (χ3v) is 3.33. The molecule has 1 aliphatic rings. The lowest BCUT2D eigenvalue weighted by atomic mass is 9.91. The van der Waals surface area contributed by atoms with Gasteiger partial charge >= 0.3 is 0 Å². The molecule has 1 amide bonds. The Kier molecular flexibility index (Phi) is 3.81. The summed E-state index contributed by atoms with van der Waals surface area (Å²) >= 11 is 0. The van der Waals surface area contributed by atoms with Crippen LogP contribution in [0.1, 0.15) is 36.0 Å². The molecule has 1 aromatic rings. The molecular formula is C13H17FN2O2. The van der Waals surface area contributed by atoms with Gasteiger partial charge in [-0.3, -0.25) is 4.79 Å². The van der Waals surface area contributed by atoms with Crippen LogP contribution < -0.4 is 11.1 Å². The lowest BCUT2D eigenvalue weighted by molar-refractivity contribution is 0.0917. The smallest absolute Gasteiger partial charge is 0.254 e. The number of carbonyl (C=O) groups excluding carboxylic acids is 1. The van der Waals surface area contributed by atoms with Crippen LogP contribution in [-0.4, -0.2) is 23.1 Å². The normalized spacial score (nSPS) is 23.7. The SMILES string of the molecule is NC1CCCCC1NC(=O)c1ccc(O)cc1F. The first-order valence-electron chi connectivity index (χ1n) is 6.13. The lowest BCUT2D eigenvalue weighted by Gasteiger charge is -2.29. The Bertz CT molecular complexity index is 451. The molecule has 98 valence electrons. The zero-order valence-corrected chi connectivity index (χ0v) is 10.0. The van der Waals surface area contributed by atoms with Crippen LogP contribution in [-0.2, 0) is 0 Å². The Balaban J connectivity index is 2.07. The van der Waals surface area contributed by atoms with Gasteiger partial charge in [0.05, 0.1) is 5.56 Å². The number of carbonyl (C=O) groups is 1. The summed E-state index contributed by atoms with van der Waals surface area (Å²) in [6.45, 7) is 0. The molecule has 0 saturated heterocycles. The minimum atomic E-state index is -0.725. The van der Waals surface area contributed by atoms with E-state index >= 15 is 0 Å². The predicted octanol–water partition coefficient (Wildman–Crippen LogP) is 1.53. The zero-order valence-electron chi connectivity index (χ0n) is 10.0. The molecule has 1 aromatic carbocycles. The van der Waals surface area contributed by atoms with Crippen LogP contribution >= 0.6 is 0 Å². The van der Waals surface area contributed by atoms with Crippen molar-refractivity contribution >= 4 is 5.91 Å². The first-order chi connectivity index (χ1) is 8.58. The topological polar surface area (TPSA) is 75.3 Å². The molecule has 1 aliphatic carbocycles. The van der Waals surface area contributed by atoms with Crippen molar-refractivity contribution in [2.75, 3.05) is 0 Å². The van der Waals surface area contributed by atoms with E-state index < -0.39 is 11.7 Å². The second kappa shape index (κ2) is 5.35. The first kappa shape index (κ1) is 12.8. The van der Waals surface area contributed by atoms with Crippen molar-refractivity contribution in [1.29, 1.82) is 0 Å². The molecular weight excluding hydrogens is 235 g/mol. The standard InChI is InChI=1S/C13H17FN2O2/c14-10-7-8(17)5-6-9(10)13(18)16-12-4-2-1-3-11(12)15/h5-7,11-12,17H,1-4,15H2,(H,16,18). The molecule has 4 nitrogen and oxygen atoms in total. The lowest BCUT2D eigenvalue weighted by Crippen LogP contribution is -2.49. The molecule has 1 fully saturated rings. The van der Waals surface area contributed by atoms with Gasteiger partial charge in [-0.25, -0.2) is 4.39 Å². The molecule has 1 saturated carbocycles. The second-order valence-corrected chi connectivity index (χ2v) is 4.69. The molecule has 0 bridgehead atoms. The van der Waals surface area contributed by atoms with Crippen molar-refractivity contribution < 1.29 is 14.3 Å². The van der Waals surface area contributed by atoms with Crippen molar-refractivity contribution in [1.82, 2.24) is 5.32 Å². The van der Waals surface area contributed by atoms with E-state index in [2.05, 4.69) is 5.32 Å². The molecule has 4 N–H and O–H groups in total. The monoisotopic (exact) mass is 252 g/mol. The number of nitrogens with one attached hydrogen (secondary N) is 1. The summed E-state index contributed by atoms with van der Waals surface area (Å²) in [4.78, 5) is 11.9. The molecule has 0 radical (unpaired) electrons. The highest BCUT2D eigenvalue weighted by atomic mass is 19.1. The Labute approximate surface area is 105 Å². The predicted molar refractivity (Wildman–Crippen MR) is 65.8 cm³/mol. The maximum absolute atomic E-state index is 13.5. The minimum Gasteiger partial charge on any atom is -0.508 e. The fourth-order valence-corrected chi connectivity index (χ4v) is 2.27. The van der Waals surface area contributed by atoms with Gasteiger partial charge in [-0.15, -0.1) is 0 Å². The molecule has 0 aliphatic heterocycles.